The zero-order valence-electron chi connectivity index (χ0n) is 11.4. The third-order valence-electron chi connectivity index (χ3n) is 3.84. The minimum Gasteiger partial charge on any atom is -0.368 e. The van der Waals surface area contributed by atoms with E-state index in [0.29, 0.717) is 18.3 Å². The molecule has 0 heterocycles. The van der Waals surface area contributed by atoms with Gasteiger partial charge in [0.15, 0.2) is 0 Å². The molecule has 0 atom stereocenters. The molecule has 0 unspecified atom stereocenters. The lowest BCUT2D eigenvalue weighted by molar-refractivity contribution is -0.131. The topological polar surface area (TPSA) is 98.2 Å². The summed E-state index contributed by atoms with van der Waals surface area (Å²) in [6.45, 7) is 3.99. The molecule has 18 heavy (non-hydrogen) atoms. The third-order valence-corrected chi connectivity index (χ3v) is 3.84. The molecule has 5 N–H and O–H groups in total. The number of nitrogens with two attached hydrogens (primary N) is 2. The highest BCUT2D eigenvalue weighted by Gasteiger charge is 2.28. The lowest BCUT2D eigenvalue weighted by Gasteiger charge is -2.28. The molecule has 0 bridgehead atoms. The van der Waals surface area contributed by atoms with Gasteiger partial charge in [0.2, 0.25) is 11.8 Å². The molecule has 1 fully saturated rings. The summed E-state index contributed by atoms with van der Waals surface area (Å²) in [5.41, 5.74) is 9.89. The molecule has 1 saturated carbocycles. The molecule has 0 saturated heterocycles. The molecule has 5 heteroatoms. The summed E-state index contributed by atoms with van der Waals surface area (Å²) in [6.07, 6.45) is 4.79. The second-order valence-electron chi connectivity index (χ2n) is 5.86. The van der Waals surface area contributed by atoms with Gasteiger partial charge in [-0.1, -0.05) is 0 Å². The predicted molar refractivity (Wildman–Crippen MR) is 70.5 cm³/mol. The van der Waals surface area contributed by atoms with Gasteiger partial charge < -0.3 is 16.8 Å². The van der Waals surface area contributed by atoms with Gasteiger partial charge in [0, 0.05) is 6.42 Å². The van der Waals surface area contributed by atoms with E-state index < -0.39 is 11.4 Å². The van der Waals surface area contributed by atoms with Crippen LogP contribution in [0.5, 0.6) is 0 Å². The van der Waals surface area contributed by atoms with E-state index >= 15 is 0 Å². The monoisotopic (exact) mass is 255 g/mol. The number of amides is 2. The first kappa shape index (κ1) is 15.0. The summed E-state index contributed by atoms with van der Waals surface area (Å²) in [6, 6.07) is 0. The van der Waals surface area contributed by atoms with Crippen molar-refractivity contribution < 1.29 is 9.59 Å². The summed E-state index contributed by atoms with van der Waals surface area (Å²) in [5.74, 6) is 0.431. The Balaban J connectivity index is 2.35. The number of hydrogen-bond acceptors (Lipinski definition) is 3. The van der Waals surface area contributed by atoms with Crippen LogP contribution in [0.3, 0.4) is 0 Å². The summed E-state index contributed by atoms with van der Waals surface area (Å²) in [5, 5.41) is 2.69. The van der Waals surface area contributed by atoms with Crippen LogP contribution in [-0.4, -0.2) is 23.9 Å². The smallest absolute Gasteiger partial charge is 0.242 e. The van der Waals surface area contributed by atoms with Gasteiger partial charge in [-0.2, -0.15) is 0 Å². The molecule has 1 aliphatic carbocycles. The lowest BCUT2D eigenvalue weighted by atomic mass is 9.80. The first-order valence-corrected chi connectivity index (χ1v) is 6.66. The number of carbonyl (C=O) groups excluding carboxylic acids is 2. The second-order valence-corrected chi connectivity index (χ2v) is 5.86. The van der Waals surface area contributed by atoms with Crippen molar-refractivity contribution in [3.05, 3.63) is 0 Å². The highest BCUT2D eigenvalue weighted by molar-refractivity contribution is 5.89. The average molecular weight is 255 g/mol. The van der Waals surface area contributed by atoms with Gasteiger partial charge in [0.25, 0.3) is 0 Å². The van der Waals surface area contributed by atoms with E-state index in [1.807, 2.05) is 0 Å². The van der Waals surface area contributed by atoms with Crippen LogP contribution < -0.4 is 16.8 Å². The van der Waals surface area contributed by atoms with E-state index in [9.17, 15) is 9.59 Å². The van der Waals surface area contributed by atoms with Crippen molar-refractivity contribution in [2.24, 2.45) is 23.3 Å². The van der Waals surface area contributed by atoms with Crippen LogP contribution in [0, 0.1) is 11.8 Å². The largest absolute Gasteiger partial charge is 0.368 e. The molecule has 104 valence electrons. The summed E-state index contributed by atoms with van der Waals surface area (Å²) < 4.78 is 0. The maximum Gasteiger partial charge on any atom is 0.242 e. The molecule has 0 aromatic rings. The van der Waals surface area contributed by atoms with E-state index in [0.717, 1.165) is 32.2 Å². The van der Waals surface area contributed by atoms with Crippen molar-refractivity contribution >= 4 is 11.8 Å². The van der Waals surface area contributed by atoms with Crippen molar-refractivity contribution in [2.45, 2.75) is 51.5 Å². The third kappa shape index (κ3) is 4.29. The van der Waals surface area contributed by atoms with Gasteiger partial charge in [-0.05, 0) is 57.9 Å². The number of hydrogen-bond donors (Lipinski definition) is 3. The van der Waals surface area contributed by atoms with Gasteiger partial charge in [-0.25, -0.2) is 0 Å². The Morgan fingerprint density at radius 1 is 1.17 bits per heavy atom. The first-order chi connectivity index (χ1) is 8.35. The molecule has 0 radical (unpaired) electrons. The van der Waals surface area contributed by atoms with Gasteiger partial charge in [-0.3, -0.25) is 9.59 Å². The van der Waals surface area contributed by atoms with Crippen LogP contribution in [0.1, 0.15) is 46.0 Å². The quantitative estimate of drug-likeness (QED) is 0.668. The minimum atomic E-state index is -0.967. The van der Waals surface area contributed by atoms with Crippen molar-refractivity contribution in [2.75, 3.05) is 6.54 Å². The molecule has 1 rings (SSSR count). The first-order valence-electron chi connectivity index (χ1n) is 6.66. The Labute approximate surface area is 109 Å². The molecule has 0 spiro atoms. The maximum absolute atomic E-state index is 11.8. The Hall–Kier alpha value is -1.10. The van der Waals surface area contributed by atoms with Crippen LogP contribution in [0.4, 0.5) is 0 Å². The fourth-order valence-corrected chi connectivity index (χ4v) is 2.39. The van der Waals surface area contributed by atoms with Crippen molar-refractivity contribution in [3.8, 4) is 0 Å². The fourth-order valence-electron chi connectivity index (χ4n) is 2.39. The summed E-state index contributed by atoms with van der Waals surface area (Å²) >= 11 is 0. The molecular formula is C13H25N3O2. The lowest BCUT2D eigenvalue weighted by Crippen LogP contribution is -2.53. The highest BCUT2D eigenvalue weighted by Crippen LogP contribution is 2.30. The molecule has 5 nitrogen and oxygen atoms in total. The summed E-state index contributed by atoms with van der Waals surface area (Å²) in [4.78, 5) is 23.0. The minimum absolute atomic E-state index is 0.0880. The molecule has 1 aliphatic rings. The predicted octanol–water partition coefficient (Wildman–Crippen LogP) is 0.522. The van der Waals surface area contributed by atoms with Crippen molar-refractivity contribution in [3.63, 3.8) is 0 Å². The molecule has 0 aliphatic heterocycles. The van der Waals surface area contributed by atoms with Gasteiger partial charge in [0.1, 0.15) is 5.54 Å². The van der Waals surface area contributed by atoms with Crippen LogP contribution in [0.15, 0.2) is 0 Å². The van der Waals surface area contributed by atoms with Crippen molar-refractivity contribution in [1.29, 1.82) is 0 Å². The van der Waals surface area contributed by atoms with E-state index in [4.69, 9.17) is 11.5 Å². The maximum atomic E-state index is 11.8. The standard InChI is InChI=1S/C13H25N3O2/c1-13(2,12(15)18)16-11(17)7-9-3-5-10(8-14)6-4-9/h9-10H,3-8,14H2,1-2H3,(H2,15,18)(H,16,17). The van der Waals surface area contributed by atoms with E-state index in [1.165, 1.54) is 0 Å². The molecule has 0 aromatic heterocycles. The Morgan fingerprint density at radius 2 is 1.67 bits per heavy atom. The zero-order chi connectivity index (χ0) is 13.8. The highest BCUT2D eigenvalue weighted by atomic mass is 16.2. The molecule has 0 aromatic carbocycles. The average Bonchev–Trinajstić information content (AvgIpc) is 2.29. The number of carbonyl (C=O) groups is 2. The Morgan fingerprint density at radius 3 is 2.11 bits per heavy atom. The van der Waals surface area contributed by atoms with Crippen LogP contribution in [-0.2, 0) is 9.59 Å². The van der Waals surface area contributed by atoms with Crippen LogP contribution in [0.25, 0.3) is 0 Å². The second kappa shape index (κ2) is 6.18. The number of primary amides is 1. The van der Waals surface area contributed by atoms with Crippen LogP contribution >= 0.6 is 0 Å². The normalized spacial score (nSPS) is 24.6. The van der Waals surface area contributed by atoms with E-state index in [-0.39, 0.29) is 5.91 Å². The Kier molecular flexibility index (Phi) is 5.14. The van der Waals surface area contributed by atoms with Crippen LogP contribution in [0.2, 0.25) is 0 Å². The van der Waals surface area contributed by atoms with E-state index in [2.05, 4.69) is 5.32 Å². The number of nitrogens with one attached hydrogen (secondary N) is 1. The van der Waals surface area contributed by atoms with Gasteiger partial charge in [0.05, 0.1) is 0 Å². The molecule has 2 amide bonds. The fraction of sp³-hybridized carbons (Fsp3) is 0.846. The zero-order valence-corrected chi connectivity index (χ0v) is 11.4. The van der Waals surface area contributed by atoms with Crippen molar-refractivity contribution in [1.82, 2.24) is 5.32 Å². The van der Waals surface area contributed by atoms with Gasteiger partial charge >= 0.3 is 0 Å². The van der Waals surface area contributed by atoms with E-state index in [1.54, 1.807) is 13.8 Å². The Bertz CT molecular complexity index is 307. The number of rotatable bonds is 5. The molecular weight excluding hydrogens is 230 g/mol. The summed E-state index contributed by atoms with van der Waals surface area (Å²) in [7, 11) is 0. The van der Waals surface area contributed by atoms with Gasteiger partial charge in [-0.15, -0.1) is 0 Å². The SMILES string of the molecule is CC(C)(NC(=O)CC1CCC(CN)CC1)C(N)=O.